The fourth-order valence-electron chi connectivity index (χ4n) is 4.03. The third-order valence-corrected chi connectivity index (χ3v) is 6.26. The molecular weight excluding hydrogens is 398 g/mol. The van der Waals surface area contributed by atoms with Crippen LogP contribution in [-0.2, 0) is 11.2 Å². The minimum Gasteiger partial charge on any atom is -0.361 e. The Morgan fingerprint density at radius 3 is 2.73 bits per heavy atom. The second-order valence-corrected chi connectivity index (χ2v) is 8.87. The van der Waals surface area contributed by atoms with Crippen LogP contribution in [0.5, 0.6) is 0 Å². The molecule has 3 aromatic rings. The van der Waals surface area contributed by atoms with Crippen molar-refractivity contribution in [2.24, 2.45) is 0 Å². The van der Waals surface area contributed by atoms with Gasteiger partial charge in [-0.15, -0.1) is 11.3 Å². The Bertz CT molecular complexity index is 1010. The van der Waals surface area contributed by atoms with E-state index in [2.05, 4.69) is 10.5 Å². The number of nitrogens with zero attached hydrogens (tertiary/aromatic N) is 2. The van der Waals surface area contributed by atoms with Crippen LogP contribution in [0.1, 0.15) is 42.1 Å². The van der Waals surface area contributed by atoms with Gasteiger partial charge < -0.3 is 14.7 Å². The normalized spacial score (nSPS) is 18.7. The Balaban J connectivity index is 1.67. The molecule has 2 amide bonds. The Morgan fingerprint density at radius 1 is 1.23 bits per heavy atom. The quantitative estimate of drug-likeness (QED) is 0.646. The van der Waals surface area contributed by atoms with E-state index < -0.39 is 5.54 Å². The van der Waals surface area contributed by atoms with Crippen LogP contribution in [0.4, 0.5) is 0 Å². The average molecular weight is 424 g/mol. The molecule has 1 aliphatic heterocycles. The van der Waals surface area contributed by atoms with Crippen molar-refractivity contribution in [3.63, 3.8) is 0 Å². The van der Waals surface area contributed by atoms with E-state index in [0.29, 0.717) is 30.0 Å². The molecule has 4 rings (SSSR count). The summed E-state index contributed by atoms with van der Waals surface area (Å²) in [6.45, 7) is 4.39. The summed E-state index contributed by atoms with van der Waals surface area (Å²) < 4.78 is 5.61. The molecule has 0 aliphatic carbocycles. The van der Waals surface area contributed by atoms with Crippen molar-refractivity contribution < 1.29 is 14.1 Å². The number of benzene rings is 1. The molecule has 0 bridgehead atoms. The van der Waals surface area contributed by atoms with E-state index in [4.69, 9.17) is 4.52 Å². The zero-order valence-electron chi connectivity index (χ0n) is 17.1. The van der Waals surface area contributed by atoms with E-state index in [-0.39, 0.29) is 17.9 Å². The van der Waals surface area contributed by atoms with Gasteiger partial charge in [-0.2, -0.15) is 0 Å². The van der Waals surface area contributed by atoms with Gasteiger partial charge in [0, 0.05) is 30.6 Å². The highest BCUT2D eigenvalue weighted by Crippen LogP contribution is 2.36. The summed E-state index contributed by atoms with van der Waals surface area (Å²) in [6, 6.07) is 15.3. The van der Waals surface area contributed by atoms with Gasteiger partial charge in [-0.1, -0.05) is 41.6 Å². The van der Waals surface area contributed by atoms with Gasteiger partial charge in [-0.3, -0.25) is 9.59 Å². The number of likely N-dealkylation sites (tertiary alicyclic amines) is 1. The fourth-order valence-corrected chi connectivity index (χ4v) is 4.71. The van der Waals surface area contributed by atoms with Crippen LogP contribution in [0, 0.1) is 0 Å². The molecule has 30 heavy (non-hydrogen) atoms. The van der Waals surface area contributed by atoms with Crippen molar-refractivity contribution in [2.45, 2.75) is 44.7 Å². The van der Waals surface area contributed by atoms with Gasteiger partial charge in [0.2, 0.25) is 5.91 Å². The van der Waals surface area contributed by atoms with E-state index in [1.54, 1.807) is 11.0 Å². The van der Waals surface area contributed by atoms with Gasteiger partial charge in [0.1, 0.15) is 17.0 Å². The third-order valence-electron chi connectivity index (χ3n) is 5.40. The van der Waals surface area contributed by atoms with Crippen molar-refractivity contribution in [1.82, 2.24) is 15.4 Å². The zero-order valence-corrected chi connectivity index (χ0v) is 17.9. The summed E-state index contributed by atoms with van der Waals surface area (Å²) in [5.74, 6) is 0.348. The van der Waals surface area contributed by atoms with Crippen molar-refractivity contribution in [2.75, 3.05) is 6.54 Å². The van der Waals surface area contributed by atoms with Crippen molar-refractivity contribution in [1.29, 1.82) is 0 Å². The second kappa shape index (κ2) is 8.44. The third kappa shape index (κ3) is 3.89. The van der Waals surface area contributed by atoms with Gasteiger partial charge in [0.25, 0.3) is 5.91 Å². The second-order valence-electron chi connectivity index (χ2n) is 7.92. The predicted molar refractivity (Wildman–Crippen MR) is 116 cm³/mol. The molecule has 3 heterocycles. The van der Waals surface area contributed by atoms with Crippen LogP contribution in [0.2, 0.25) is 0 Å². The molecule has 1 aromatic carbocycles. The predicted octanol–water partition coefficient (Wildman–Crippen LogP) is 4.15. The first-order chi connectivity index (χ1) is 14.5. The minimum absolute atomic E-state index is 0.0247. The van der Waals surface area contributed by atoms with Gasteiger partial charge in [0.05, 0.1) is 4.88 Å². The van der Waals surface area contributed by atoms with E-state index in [9.17, 15) is 9.59 Å². The van der Waals surface area contributed by atoms with Crippen molar-refractivity contribution in [3.8, 4) is 11.3 Å². The molecule has 1 fully saturated rings. The van der Waals surface area contributed by atoms with Gasteiger partial charge >= 0.3 is 0 Å². The number of carbonyl (C=O) groups excluding carboxylic acids is 2. The van der Waals surface area contributed by atoms with Crippen LogP contribution in [0.25, 0.3) is 11.3 Å². The average Bonchev–Trinajstić information content (AvgIpc) is 3.49. The van der Waals surface area contributed by atoms with Gasteiger partial charge in [-0.05, 0) is 38.1 Å². The molecule has 7 heteroatoms. The monoisotopic (exact) mass is 423 g/mol. The molecular formula is C23H25N3O3S. The Kier molecular flexibility index (Phi) is 5.72. The molecule has 1 unspecified atom stereocenters. The lowest BCUT2D eigenvalue weighted by molar-refractivity contribution is -0.131. The topological polar surface area (TPSA) is 75.4 Å². The van der Waals surface area contributed by atoms with E-state index in [1.165, 1.54) is 11.3 Å². The number of thiophene rings is 1. The number of nitrogens with one attached hydrogen (secondary N) is 1. The molecule has 0 radical (unpaired) electrons. The molecule has 156 valence electrons. The standard InChI is InChI=1S/C23H25N3O3S/c1-16(2)24-22(28)23(11-7-12-26(23)21(27)20-10-6-13-30-20)15-18-14-19(25-29-18)17-8-4-3-5-9-17/h3-6,8-10,13-14,16H,7,11-12,15H2,1-2H3,(H,24,28). The lowest BCUT2D eigenvalue weighted by atomic mass is 9.88. The summed E-state index contributed by atoms with van der Waals surface area (Å²) >= 11 is 1.39. The summed E-state index contributed by atoms with van der Waals surface area (Å²) in [5, 5.41) is 9.09. The number of hydrogen-bond donors (Lipinski definition) is 1. The first kappa shape index (κ1) is 20.3. The maximum Gasteiger partial charge on any atom is 0.264 e. The summed E-state index contributed by atoms with van der Waals surface area (Å²) in [5.41, 5.74) is 0.684. The number of aromatic nitrogens is 1. The van der Waals surface area contributed by atoms with Crippen LogP contribution in [0.15, 0.2) is 58.4 Å². The molecule has 1 N–H and O–H groups in total. The highest BCUT2D eigenvalue weighted by Gasteiger charge is 2.50. The SMILES string of the molecule is CC(C)NC(=O)C1(Cc2cc(-c3ccccc3)no2)CCCN1C(=O)c1cccs1. The number of hydrogen-bond acceptors (Lipinski definition) is 5. The number of amides is 2. The molecule has 0 spiro atoms. The van der Waals surface area contributed by atoms with E-state index in [1.807, 2.05) is 61.7 Å². The fraction of sp³-hybridized carbons (Fsp3) is 0.348. The van der Waals surface area contributed by atoms with Crippen LogP contribution in [-0.4, -0.2) is 40.0 Å². The molecule has 1 saturated heterocycles. The maximum absolute atomic E-state index is 13.4. The molecule has 6 nitrogen and oxygen atoms in total. The number of carbonyl (C=O) groups is 2. The van der Waals surface area contributed by atoms with E-state index >= 15 is 0 Å². The maximum atomic E-state index is 13.4. The smallest absolute Gasteiger partial charge is 0.264 e. The zero-order chi connectivity index (χ0) is 21.1. The summed E-state index contributed by atoms with van der Waals surface area (Å²) in [6.07, 6.45) is 1.65. The molecule has 2 aromatic heterocycles. The summed E-state index contributed by atoms with van der Waals surface area (Å²) in [7, 11) is 0. The minimum atomic E-state index is -0.987. The van der Waals surface area contributed by atoms with Crippen LogP contribution in [0.3, 0.4) is 0 Å². The lowest BCUT2D eigenvalue weighted by Gasteiger charge is -2.37. The Hall–Kier alpha value is -2.93. The Labute approximate surface area is 179 Å². The molecule has 1 atom stereocenters. The first-order valence-corrected chi connectivity index (χ1v) is 11.0. The molecule has 1 aliphatic rings. The van der Waals surface area contributed by atoms with Gasteiger partial charge in [-0.25, -0.2) is 0 Å². The van der Waals surface area contributed by atoms with Crippen LogP contribution < -0.4 is 5.32 Å². The van der Waals surface area contributed by atoms with E-state index in [0.717, 1.165) is 17.7 Å². The highest BCUT2D eigenvalue weighted by molar-refractivity contribution is 7.12. The summed E-state index contributed by atoms with van der Waals surface area (Å²) in [4.78, 5) is 29.0. The largest absolute Gasteiger partial charge is 0.361 e. The van der Waals surface area contributed by atoms with Gasteiger partial charge in [0.15, 0.2) is 0 Å². The Morgan fingerprint density at radius 2 is 2.03 bits per heavy atom. The van der Waals surface area contributed by atoms with Crippen molar-refractivity contribution >= 4 is 23.2 Å². The first-order valence-electron chi connectivity index (χ1n) is 10.2. The molecule has 0 saturated carbocycles. The lowest BCUT2D eigenvalue weighted by Crippen LogP contribution is -2.59. The van der Waals surface area contributed by atoms with Crippen molar-refractivity contribution in [3.05, 3.63) is 64.5 Å². The highest BCUT2D eigenvalue weighted by atomic mass is 32.1. The number of rotatable bonds is 6. The van der Waals surface area contributed by atoms with Crippen LogP contribution >= 0.6 is 11.3 Å².